The smallest absolute Gasteiger partial charge is 0.401 e. The molecule has 1 atom stereocenters. The van der Waals surface area contributed by atoms with Crippen LogP contribution in [0, 0.1) is 6.92 Å². The van der Waals surface area contributed by atoms with Gasteiger partial charge in [0.05, 0.1) is 5.39 Å². The zero-order valence-electron chi connectivity index (χ0n) is 13.3. The van der Waals surface area contributed by atoms with Gasteiger partial charge in [0.25, 0.3) is 5.52 Å². The second-order valence-electron chi connectivity index (χ2n) is 6.09. The third-order valence-electron chi connectivity index (χ3n) is 4.55. The van der Waals surface area contributed by atoms with Crippen molar-refractivity contribution in [1.29, 1.82) is 0 Å². The van der Waals surface area contributed by atoms with E-state index in [4.69, 9.17) is 9.47 Å². The molecule has 0 unspecified atom stereocenters. The minimum absolute atomic E-state index is 0.479. The molecule has 0 bridgehead atoms. The Morgan fingerprint density at radius 1 is 0.833 bits per heavy atom. The average Bonchev–Trinajstić information content (AvgIpc) is 2.98. The monoisotopic (exact) mass is 314 g/mol. The maximum absolute atomic E-state index is 6.18. The van der Waals surface area contributed by atoms with Crippen LogP contribution in [-0.4, -0.2) is 0 Å². The Morgan fingerprint density at radius 2 is 1.62 bits per heavy atom. The van der Waals surface area contributed by atoms with Crippen molar-refractivity contribution in [2.45, 2.75) is 13.3 Å². The molecular weight excluding hydrogens is 298 g/mol. The van der Waals surface area contributed by atoms with Gasteiger partial charge in [-0.25, -0.2) is 0 Å². The minimum Gasteiger partial charge on any atom is -0.401 e. The topological polar surface area (TPSA) is 22.3 Å². The van der Waals surface area contributed by atoms with E-state index in [2.05, 4.69) is 54.0 Å². The van der Waals surface area contributed by atoms with Gasteiger partial charge < -0.3 is 9.47 Å². The lowest BCUT2D eigenvalue weighted by molar-refractivity contribution is -0.758. The molecule has 0 saturated carbocycles. The first-order valence-corrected chi connectivity index (χ1v) is 8.06. The van der Waals surface area contributed by atoms with Crippen LogP contribution in [0.25, 0.3) is 21.7 Å². The van der Waals surface area contributed by atoms with Gasteiger partial charge in [-0.1, -0.05) is 36.4 Å². The van der Waals surface area contributed by atoms with Crippen molar-refractivity contribution < 1.29 is 14.0 Å². The minimum atomic E-state index is -0.479. The molecule has 116 valence electrons. The maximum atomic E-state index is 6.18. The van der Waals surface area contributed by atoms with Crippen LogP contribution in [0.2, 0.25) is 0 Å². The number of aromatic nitrogens is 1. The number of fused-ring (bicyclic) bond motifs is 1. The van der Waals surface area contributed by atoms with E-state index in [-0.39, 0.29) is 0 Å². The molecule has 5 rings (SSSR count). The molecule has 0 radical (unpaired) electrons. The molecule has 3 aromatic carbocycles. The fourth-order valence-electron chi connectivity index (χ4n) is 3.36. The lowest BCUT2D eigenvalue weighted by atomic mass is 10.1. The standard InChI is InChI=1S/C21H16NO2/c1-14-9-10-16-7-4-8-19-20(16)22(14)21(24-19)23-18-12-11-15-5-2-3-6-17(15)13-18/h2-13,21H,1H3/q+1/t21-/m0/s1. The Labute approximate surface area is 139 Å². The normalized spacial score (nSPS) is 15.6. The van der Waals surface area contributed by atoms with E-state index in [1.54, 1.807) is 0 Å². The molecule has 0 fully saturated rings. The van der Waals surface area contributed by atoms with Gasteiger partial charge in [-0.15, -0.1) is 4.57 Å². The molecular formula is C21H16NO2+. The number of para-hydroxylation sites is 1. The molecule has 1 aliphatic heterocycles. The highest BCUT2D eigenvalue weighted by atomic mass is 16.7. The van der Waals surface area contributed by atoms with Crippen LogP contribution < -0.4 is 14.0 Å². The lowest BCUT2D eigenvalue weighted by Crippen LogP contribution is -2.44. The van der Waals surface area contributed by atoms with Crippen LogP contribution in [0.3, 0.4) is 0 Å². The first-order valence-electron chi connectivity index (χ1n) is 8.06. The number of aryl methyl sites for hydroxylation is 1. The van der Waals surface area contributed by atoms with E-state index in [1.165, 1.54) is 5.39 Å². The van der Waals surface area contributed by atoms with Crippen LogP contribution in [0.4, 0.5) is 0 Å². The van der Waals surface area contributed by atoms with E-state index in [0.717, 1.165) is 33.5 Å². The highest BCUT2D eigenvalue weighted by Gasteiger charge is 2.37. The van der Waals surface area contributed by atoms with Gasteiger partial charge >= 0.3 is 6.41 Å². The van der Waals surface area contributed by atoms with E-state index in [0.29, 0.717) is 0 Å². The average molecular weight is 314 g/mol. The summed E-state index contributed by atoms with van der Waals surface area (Å²) >= 11 is 0. The lowest BCUT2D eigenvalue weighted by Gasteiger charge is -2.11. The summed E-state index contributed by atoms with van der Waals surface area (Å²) in [5.74, 6) is 1.66. The molecule has 24 heavy (non-hydrogen) atoms. The number of rotatable bonds is 2. The van der Waals surface area contributed by atoms with Crippen LogP contribution in [0.1, 0.15) is 12.1 Å². The first kappa shape index (κ1) is 13.4. The third kappa shape index (κ3) is 1.95. The quantitative estimate of drug-likeness (QED) is 0.508. The molecule has 0 amide bonds. The molecule has 1 aromatic heterocycles. The zero-order chi connectivity index (χ0) is 16.1. The van der Waals surface area contributed by atoms with Crippen molar-refractivity contribution in [2.75, 3.05) is 0 Å². The Balaban J connectivity index is 1.58. The van der Waals surface area contributed by atoms with Gasteiger partial charge in [-0.2, -0.15) is 0 Å². The second kappa shape index (κ2) is 4.96. The van der Waals surface area contributed by atoms with E-state index in [9.17, 15) is 0 Å². The number of ether oxygens (including phenoxy) is 2. The van der Waals surface area contributed by atoms with E-state index >= 15 is 0 Å². The predicted molar refractivity (Wildman–Crippen MR) is 93.1 cm³/mol. The van der Waals surface area contributed by atoms with Gasteiger partial charge in [0.15, 0.2) is 5.69 Å². The number of nitrogens with zero attached hydrogens (tertiary/aromatic N) is 1. The molecule has 3 nitrogen and oxygen atoms in total. The SMILES string of the molecule is Cc1ccc2cccc3c2[n+]1[C@@H](Oc1ccc2ccccc2c1)O3. The van der Waals surface area contributed by atoms with Crippen molar-refractivity contribution in [3.05, 3.63) is 78.5 Å². The Bertz CT molecular complexity index is 1090. The van der Waals surface area contributed by atoms with Gasteiger partial charge in [0, 0.05) is 13.0 Å². The van der Waals surface area contributed by atoms with Crippen molar-refractivity contribution in [3.63, 3.8) is 0 Å². The molecule has 0 spiro atoms. The van der Waals surface area contributed by atoms with Crippen molar-refractivity contribution in [1.82, 2.24) is 0 Å². The summed E-state index contributed by atoms with van der Waals surface area (Å²) < 4.78 is 14.3. The van der Waals surface area contributed by atoms with Gasteiger partial charge in [-0.3, -0.25) is 0 Å². The molecule has 0 aliphatic carbocycles. The van der Waals surface area contributed by atoms with Crippen LogP contribution >= 0.6 is 0 Å². The summed E-state index contributed by atoms with van der Waals surface area (Å²) in [4.78, 5) is 0. The van der Waals surface area contributed by atoms with Crippen molar-refractivity contribution >= 4 is 21.7 Å². The first-order chi connectivity index (χ1) is 11.8. The van der Waals surface area contributed by atoms with Gasteiger partial charge in [-0.05, 0) is 41.1 Å². The largest absolute Gasteiger partial charge is 0.468 e. The number of hydrogen-bond donors (Lipinski definition) is 0. The Hall–Kier alpha value is -3.07. The van der Waals surface area contributed by atoms with E-state index < -0.39 is 6.41 Å². The Kier molecular flexibility index (Phi) is 2.77. The van der Waals surface area contributed by atoms with Gasteiger partial charge in [0.1, 0.15) is 5.75 Å². The summed E-state index contributed by atoms with van der Waals surface area (Å²) in [6, 6.07) is 24.7. The van der Waals surface area contributed by atoms with Gasteiger partial charge in [0.2, 0.25) is 5.75 Å². The number of pyridine rings is 1. The van der Waals surface area contributed by atoms with Crippen LogP contribution in [0.5, 0.6) is 11.5 Å². The summed E-state index contributed by atoms with van der Waals surface area (Å²) in [5, 5.41) is 3.51. The predicted octanol–water partition coefficient (Wildman–Crippen LogP) is 4.52. The zero-order valence-corrected chi connectivity index (χ0v) is 13.3. The Morgan fingerprint density at radius 3 is 2.54 bits per heavy atom. The molecule has 3 heteroatoms. The van der Waals surface area contributed by atoms with Crippen molar-refractivity contribution in [2.24, 2.45) is 0 Å². The highest BCUT2D eigenvalue weighted by molar-refractivity contribution is 5.84. The summed E-state index contributed by atoms with van der Waals surface area (Å²) in [6.45, 7) is 2.07. The molecule has 2 heterocycles. The second-order valence-corrected chi connectivity index (χ2v) is 6.09. The van der Waals surface area contributed by atoms with Crippen molar-refractivity contribution in [3.8, 4) is 11.5 Å². The maximum Gasteiger partial charge on any atom is 0.468 e. The number of benzene rings is 3. The highest BCUT2D eigenvalue weighted by Crippen LogP contribution is 2.32. The number of hydrogen-bond acceptors (Lipinski definition) is 2. The molecule has 4 aromatic rings. The summed E-state index contributed by atoms with van der Waals surface area (Å²) in [6.07, 6.45) is -0.479. The summed E-state index contributed by atoms with van der Waals surface area (Å²) in [7, 11) is 0. The fraction of sp³-hybridized carbons (Fsp3) is 0.0952. The summed E-state index contributed by atoms with van der Waals surface area (Å²) in [5.41, 5.74) is 2.20. The molecule has 0 saturated heterocycles. The third-order valence-corrected chi connectivity index (χ3v) is 4.55. The molecule has 1 aliphatic rings. The fourth-order valence-corrected chi connectivity index (χ4v) is 3.36. The van der Waals surface area contributed by atoms with Crippen LogP contribution in [-0.2, 0) is 0 Å². The van der Waals surface area contributed by atoms with Crippen LogP contribution in [0.15, 0.2) is 72.8 Å². The van der Waals surface area contributed by atoms with E-state index in [1.807, 2.05) is 30.3 Å². The molecule has 0 N–H and O–H groups in total.